The van der Waals surface area contributed by atoms with Crippen molar-refractivity contribution in [1.82, 2.24) is 5.32 Å². The highest BCUT2D eigenvalue weighted by atomic mass is 127. The van der Waals surface area contributed by atoms with Crippen molar-refractivity contribution in [3.63, 3.8) is 0 Å². The Morgan fingerprint density at radius 2 is 2.11 bits per heavy atom. The van der Waals surface area contributed by atoms with Crippen LogP contribution in [0.15, 0.2) is 24.3 Å². The minimum atomic E-state index is -0.625. The summed E-state index contributed by atoms with van der Waals surface area (Å²) in [6.07, 6.45) is 0.778. The fourth-order valence-corrected chi connectivity index (χ4v) is 2.13. The normalized spacial score (nSPS) is 13.7. The molecule has 0 bridgehead atoms. The lowest BCUT2D eigenvalue weighted by atomic mass is 9.98. The Labute approximate surface area is 120 Å². The van der Waals surface area contributed by atoms with Crippen LogP contribution in [-0.4, -0.2) is 17.9 Å². The predicted molar refractivity (Wildman–Crippen MR) is 79.1 cm³/mol. The molecule has 2 unspecified atom stereocenters. The second-order valence-corrected chi connectivity index (χ2v) is 5.50. The van der Waals surface area contributed by atoms with Gasteiger partial charge in [0.2, 0.25) is 5.91 Å². The molecular weight excluding hydrogens is 343 g/mol. The number of rotatable bonds is 5. The molecule has 1 aromatic carbocycles. The molecule has 0 saturated carbocycles. The number of primary amides is 1. The lowest BCUT2D eigenvalue weighted by molar-refractivity contribution is -0.120. The molecule has 2 amide bonds. The lowest BCUT2D eigenvalue weighted by Gasteiger charge is -2.21. The fourth-order valence-electron chi connectivity index (χ4n) is 1.58. The average Bonchev–Trinajstić information content (AvgIpc) is 2.34. The van der Waals surface area contributed by atoms with Gasteiger partial charge in [0.25, 0.3) is 5.91 Å². The van der Waals surface area contributed by atoms with Gasteiger partial charge in [-0.3, -0.25) is 9.59 Å². The monoisotopic (exact) mass is 360 g/mol. The molecule has 2 atom stereocenters. The Hall–Kier alpha value is -1.11. The van der Waals surface area contributed by atoms with E-state index >= 15 is 0 Å². The third kappa shape index (κ3) is 3.97. The number of benzene rings is 1. The molecule has 0 radical (unpaired) electrons. The van der Waals surface area contributed by atoms with Crippen molar-refractivity contribution < 1.29 is 9.59 Å². The van der Waals surface area contributed by atoms with Crippen molar-refractivity contribution in [2.75, 3.05) is 0 Å². The highest BCUT2D eigenvalue weighted by Gasteiger charge is 2.23. The average molecular weight is 360 g/mol. The number of carbonyl (C=O) groups is 2. The van der Waals surface area contributed by atoms with Gasteiger partial charge in [-0.2, -0.15) is 0 Å². The van der Waals surface area contributed by atoms with Gasteiger partial charge in [-0.15, -0.1) is 0 Å². The molecule has 4 nitrogen and oxygen atoms in total. The van der Waals surface area contributed by atoms with Crippen molar-refractivity contribution in [1.29, 1.82) is 0 Å². The SMILES string of the molecule is CCC(C)C(NC(=O)c1cccc(I)c1)C(N)=O. The Morgan fingerprint density at radius 3 is 2.61 bits per heavy atom. The third-order valence-corrected chi connectivity index (χ3v) is 3.56. The van der Waals surface area contributed by atoms with Gasteiger partial charge >= 0.3 is 0 Å². The van der Waals surface area contributed by atoms with Crippen LogP contribution < -0.4 is 11.1 Å². The van der Waals surface area contributed by atoms with E-state index in [1.54, 1.807) is 18.2 Å². The van der Waals surface area contributed by atoms with Crippen molar-refractivity contribution in [3.05, 3.63) is 33.4 Å². The Morgan fingerprint density at radius 1 is 1.44 bits per heavy atom. The van der Waals surface area contributed by atoms with Crippen LogP contribution >= 0.6 is 22.6 Å². The molecule has 1 aromatic rings. The highest BCUT2D eigenvalue weighted by molar-refractivity contribution is 14.1. The molecule has 1 rings (SSSR count). The quantitative estimate of drug-likeness (QED) is 0.788. The first-order valence-corrected chi connectivity index (χ1v) is 6.89. The molecule has 0 aromatic heterocycles. The summed E-state index contributed by atoms with van der Waals surface area (Å²) in [5, 5.41) is 2.69. The molecule has 0 aliphatic heterocycles. The van der Waals surface area contributed by atoms with Gasteiger partial charge in [0.15, 0.2) is 0 Å². The van der Waals surface area contributed by atoms with Crippen LogP contribution in [0.4, 0.5) is 0 Å². The number of nitrogens with one attached hydrogen (secondary N) is 1. The van der Waals surface area contributed by atoms with Crippen LogP contribution in [0, 0.1) is 9.49 Å². The van der Waals surface area contributed by atoms with E-state index in [-0.39, 0.29) is 11.8 Å². The third-order valence-electron chi connectivity index (χ3n) is 2.89. The Bertz CT molecular complexity index is 448. The van der Waals surface area contributed by atoms with Gasteiger partial charge in [0, 0.05) is 9.13 Å². The summed E-state index contributed by atoms with van der Waals surface area (Å²) >= 11 is 2.13. The fraction of sp³-hybridized carbons (Fsp3) is 0.385. The molecule has 0 heterocycles. The number of nitrogens with two attached hydrogens (primary N) is 1. The predicted octanol–water partition coefficient (Wildman–Crippen LogP) is 1.92. The van der Waals surface area contributed by atoms with E-state index in [1.807, 2.05) is 19.9 Å². The van der Waals surface area contributed by atoms with E-state index in [9.17, 15) is 9.59 Å². The number of carbonyl (C=O) groups excluding carboxylic acids is 2. The first-order chi connectivity index (χ1) is 8.45. The summed E-state index contributed by atoms with van der Waals surface area (Å²) in [5.74, 6) is -0.741. The van der Waals surface area contributed by atoms with Crippen LogP contribution in [0.5, 0.6) is 0 Å². The molecule has 0 aliphatic carbocycles. The molecule has 3 N–H and O–H groups in total. The summed E-state index contributed by atoms with van der Waals surface area (Å²) in [6.45, 7) is 3.85. The van der Waals surface area contributed by atoms with Crippen LogP contribution in [0.25, 0.3) is 0 Å². The number of halogens is 1. The standard InChI is InChI=1S/C13H17IN2O2/c1-3-8(2)11(12(15)17)16-13(18)9-5-4-6-10(14)7-9/h4-8,11H,3H2,1-2H3,(H2,15,17)(H,16,18). The summed E-state index contributed by atoms with van der Waals surface area (Å²) in [7, 11) is 0. The molecule has 5 heteroatoms. The summed E-state index contributed by atoms with van der Waals surface area (Å²) < 4.78 is 0.972. The van der Waals surface area contributed by atoms with E-state index < -0.39 is 11.9 Å². The van der Waals surface area contributed by atoms with Gasteiger partial charge in [-0.05, 0) is 46.7 Å². The van der Waals surface area contributed by atoms with Gasteiger partial charge in [-0.25, -0.2) is 0 Å². The highest BCUT2D eigenvalue weighted by Crippen LogP contribution is 2.11. The van der Waals surface area contributed by atoms with Crippen LogP contribution in [-0.2, 0) is 4.79 Å². The molecule has 18 heavy (non-hydrogen) atoms. The Kier molecular flexibility index (Phi) is 5.58. The van der Waals surface area contributed by atoms with Crippen LogP contribution in [0.1, 0.15) is 30.6 Å². The number of hydrogen-bond donors (Lipinski definition) is 2. The second kappa shape index (κ2) is 6.72. The molecule has 0 fully saturated rings. The summed E-state index contributed by atoms with van der Waals surface area (Å²) in [4.78, 5) is 23.3. The first kappa shape index (κ1) is 14.9. The summed E-state index contributed by atoms with van der Waals surface area (Å²) in [6, 6.07) is 6.56. The van der Waals surface area contributed by atoms with Gasteiger partial charge in [0.05, 0.1) is 0 Å². The molecule has 98 valence electrons. The van der Waals surface area contributed by atoms with Gasteiger partial charge in [-0.1, -0.05) is 26.3 Å². The van der Waals surface area contributed by atoms with Crippen molar-refractivity contribution in [2.24, 2.45) is 11.7 Å². The summed E-state index contributed by atoms with van der Waals surface area (Å²) in [5.41, 5.74) is 5.85. The minimum absolute atomic E-state index is 0.0224. The van der Waals surface area contributed by atoms with Crippen LogP contribution in [0.3, 0.4) is 0 Å². The van der Waals surface area contributed by atoms with E-state index in [0.29, 0.717) is 5.56 Å². The Balaban J connectivity index is 2.82. The maximum absolute atomic E-state index is 12.0. The lowest BCUT2D eigenvalue weighted by Crippen LogP contribution is -2.48. The maximum atomic E-state index is 12.0. The van der Waals surface area contributed by atoms with Gasteiger partial charge in [0.1, 0.15) is 6.04 Å². The number of hydrogen-bond acceptors (Lipinski definition) is 2. The van der Waals surface area contributed by atoms with E-state index in [4.69, 9.17) is 5.73 Å². The smallest absolute Gasteiger partial charge is 0.251 e. The van der Waals surface area contributed by atoms with Gasteiger partial charge < -0.3 is 11.1 Å². The molecular formula is C13H17IN2O2. The topological polar surface area (TPSA) is 72.2 Å². The number of amides is 2. The first-order valence-electron chi connectivity index (χ1n) is 5.81. The van der Waals surface area contributed by atoms with Crippen LogP contribution in [0.2, 0.25) is 0 Å². The minimum Gasteiger partial charge on any atom is -0.368 e. The van der Waals surface area contributed by atoms with Crippen molar-refractivity contribution >= 4 is 34.4 Å². The van der Waals surface area contributed by atoms with E-state index in [1.165, 1.54) is 0 Å². The van der Waals surface area contributed by atoms with E-state index in [0.717, 1.165) is 9.99 Å². The largest absolute Gasteiger partial charge is 0.368 e. The molecule has 0 saturated heterocycles. The maximum Gasteiger partial charge on any atom is 0.251 e. The van der Waals surface area contributed by atoms with Crippen molar-refractivity contribution in [2.45, 2.75) is 26.3 Å². The second-order valence-electron chi connectivity index (χ2n) is 4.25. The van der Waals surface area contributed by atoms with E-state index in [2.05, 4.69) is 27.9 Å². The zero-order valence-corrected chi connectivity index (χ0v) is 12.6. The molecule has 0 spiro atoms. The van der Waals surface area contributed by atoms with Crippen molar-refractivity contribution in [3.8, 4) is 0 Å². The zero-order valence-electron chi connectivity index (χ0n) is 10.4. The zero-order chi connectivity index (χ0) is 13.7. The molecule has 0 aliphatic rings.